The third-order valence-electron chi connectivity index (χ3n) is 3.27. The first kappa shape index (κ1) is 13.8. The first-order chi connectivity index (χ1) is 9.06. The Morgan fingerprint density at radius 3 is 2.21 bits per heavy atom. The molecule has 19 heavy (non-hydrogen) atoms. The van der Waals surface area contributed by atoms with Crippen molar-refractivity contribution in [2.45, 2.75) is 33.3 Å². The second kappa shape index (κ2) is 6.03. The zero-order valence-corrected chi connectivity index (χ0v) is 11.9. The summed E-state index contributed by atoms with van der Waals surface area (Å²) in [5, 5.41) is 10.5. The molecule has 2 aromatic rings. The maximum absolute atomic E-state index is 10.5. The molecule has 0 bridgehead atoms. The normalized spacial score (nSPS) is 12.7. The Bertz CT molecular complexity index is 543. The maximum atomic E-state index is 10.5. The topological polar surface area (TPSA) is 20.2 Å². The fourth-order valence-electron chi connectivity index (χ4n) is 2.39. The van der Waals surface area contributed by atoms with Crippen molar-refractivity contribution in [2.24, 2.45) is 5.92 Å². The van der Waals surface area contributed by atoms with Gasteiger partial charge in [0.15, 0.2) is 0 Å². The van der Waals surface area contributed by atoms with Crippen molar-refractivity contribution in [3.63, 3.8) is 0 Å². The molecular formula is C18H22O. The molecule has 2 aromatic carbocycles. The Labute approximate surface area is 115 Å². The van der Waals surface area contributed by atoms with Gasteiger partial charge in [-0.3, -0.25) is 0 Å². The van der Waals surface area contributed by atoms with Crippen molar-refractivity contribution in [2.75, 3.05) is 0 Å². The van der Waals surface area contributed by atoms with Gasteiger partial charge in [0.25, 0.3) is 0 Å². The molecule has 0 spiro atoms. The Morgan fingerprint density at radius 2 is 1.58 bits per heavy atom. The van der Waals surface area contributed by atoms with Crippen LogP contribution in [0.5, 0.6) is 0 Å². The molecule has 0 heterocycles. The predicted molar refractivity (Wildman–Crippen MR) is 80.2 cm³/mol. The van der Waals surface area contributed by atoms with Gasteiger partial charge in [-0.1, -0.05) is 67.9 Å². The van der Waals surface area contributed by atoms with Crippen molar-refractivity contribution in [3.05, 3.63) is 70.8 Å². The first-order valence-electron chi connectivity index (χ1n) is 6.89. The van der Waals surface area contributed by atoms with Crippen LogP contribution in [0.2, 0.25) is 0 Å². The standard InChI is InChI=1S/C18H22O/c1-13(2)10-15-7-5-9-17(12-15)18(19)16-8-4-6-14(3)11-16/h4-9,11-13,18-19H,10H2,1-3H3. The molecule has 0 saturated carbocycles. The van der Waals surface area contributed by atoms with Crippen molar-refractivity contribution in [3.8, 4) is 0 Å². The van der Waals surface area contributed by atoms with E-state index < -0.39 is 6.10 Å². The van der Waals surface area contributed by atoms with Gasteiger partial charge in [-0.05, 0) is 36.0 Å². The van der Waals surface area contributed by atoms with Gasteiger partial charge < -0.3 is 5.11 Å². The lowest BCUT2D eigenvalue weighted by atomic mass is 9.96. The van der Waals surface area contributed by atoms with Crippen LogP contribution in [0, 0.1) is 12.8 Å². The second-order valence-electron chi connectivity index (χ2n) is 5.66. The van der Waals surface area contributed by atoms with Crippen molar-refractivity contribution >= 4 is 0 Å². The molecule has 1 heteroatoms. The lowest BCUT2D eigenvalue weighted by Gasteiger charge is -2.14. The van der Waals surface area contributed by atoms with Crippen molar-refractivity contribution < 1.29 is 5.11 Å². The molecule has 1 N–H and O–H groups in total. The van der Waals surface area contributed by atoms with E-state index in [9.17, 15) is 5.11 Å². The molecule has 0 amide bonds. The third kappa shape index (κ3) is 3.68. The van der Waals surface area contributed by atoms with Crippen LogP contribution in [-0.4, -0.2) is 5.11 Å². The van der Waals surface area contributed by atoms with Gasteiger partial charge in [-0.15, -0.1) is 0 Å². The Hall–Kier alpha value is -1.60. The third-order valence-corrected chi connectivity index (χ3v) is 3.27. The Balaban J connectivity index is 2.26. The monoisotopic (exact) mass is 254 g/mol. The number of hydrogen-bond donors (Lipinski definition) is 1. The minimum atomic E-state index is -0.535. The molecule has 0 aromatic heterocycles. The molecule has 0 radical (unpaired) electrons. The fourth-order valence-corrected chi connectivity index (χ4v) is 2.39. The molecule has 0 fully saturated rings. The lowest BCUT2D eigenvalue weighted by Crippen LogP contribution is -2.02. The number of rotatable bonds is 4. The number of aliphatic hydroxyl groups is 1. The molecule has 0 aliphatic heterocycles. The number of aryl methyl sites for hydroxylation is 1. The molecule has 0 saturated heterocycles. The first-order valence-corrected chi connectivity index (χ1v) is 6.89. The van der Waals surface area contributed by atoms with Gasteiger partial charge in [0, 0.05) is 0 Å². The number of aliphatic hydroxyl groups excluding tert-OH is 1. The van der Waals surface area contributed by atoms with Crippen LogP contribution in [0.25, 0.3) is 0 Å². The summed E-state index contributed by atoms with van der Waals surface area (Å²) in [5.41, 5.74) is 4.40. The quantitative estimate of drug-likeness (QED) is 0.863. The van der Waals surface area contributed by atoms with E-state index in [2.05, 4.69) is 26.0 Å². The Morgan fingerprint density at radius 1 is 0.947 bits per heavy atom. The zero-order valence-electron chi connectivity index (χ0n) is 11.9. The largest absolute Gasteiger partial charge is 0.384 e. The molecular weight excluding hydrogens is 232 g/mol. The molecule has 0 aliphatic rings. The predicted octanol–water partition coefficient (Wildman–Crippen LogP) is 4.28. The van der Waals surface area contributed by atoms with E-state index in [0.717, 1.165) is 17.5 Å². The van der Waals surface area contributed by atoms with Crippen LogP contribution < -0.4 is 0 Å². The van der Waals surface area contributed by atoms with Crippen LogP contribution in [0.15, 0.2) is 48.5 Å². The van der Waals surface area contributed by atoms with E-state index in [1.165, 1.54) is 11.1 Å². The molecule has 100 valence electrons. The maximum Gasteiger partial charge on any atom is 0.104 e. The summed E-state index contributed by atoms with van der Waals surface area (Å²) in [6.07, 6.45) is 0.515. The smallest absolute Gasteiger partial charge is 0.104 e. The summed E-state index contributed by atoms with van der Waals surface area (Å²) >= 11 is 0. The van der Waals surface area contributed by atoms with Gasteiger partial charge in [0.1, 0.15) is 6.10 Å². The number of benzene rings is 2. The molecule has 1 unspecified atom stereocenters. The van der Waals surface area contributed by atoms with Gasteiger partial charge >= 0.3 is 0 Å². The molecule has 1 nitrogen and oxygen atoms in total. The lowest BCUT2D eigenvalue weighted by molar-refractivity contribution is 0.220. The van der Waals surface area contributed by atoms with E-state index in [1.54, 1.807) is 0 Å². The SMILES string of the molecule is Cc1cccc(C(O)c2cccc(CC(C)C)c2)c1. The van der Waals surface area contributed by atoms with E-state index >= 15 is 0 Å². The van der Waals surface area contributed by atoms with Crippen LogP contribution in [0.1, 0.15) is 42.2 Å². The van der Waals surface area contributed by atoms with E-state index in [-0.39, 0.29) is 0 Å². The molecule has 1 atom stereocenters. The summed E-state index contributed by atoms with van der Waals surface area (Å²) in [6, 6.07) is 16.3. The minimum absolute atomic E-state index is 0.535. The molecule has 2 rings (SSSR count). The summed E-state index contributed by atoms with van der Waals surface area (Å²) in [6.45, 7) is 6.47. The van der Waals surface area contributed by atoms with Crippen LogP contribution in [0.4, 0.5) is 0 Å². The summed E-state index contributed by atoms with van der Waals surface area (Å²) in [5.74, 6) is 0.631. The van der Waals surface area contributed by atoms with Crippen LogP contribution in [-0.2, 0) is 6.42 Å². The van der Waals surface area contributed by atoms with Gasteiger partial charge in [0.05, 0.1) is 0 Å². The van der Waals surface area contributed by atoms with E-state index in [1.807, 2.05) is 43.3 Å². The average molecular weight is 254 g/mol. The molecule has 0 aliphatic carbocycles. The highest BCUT2D eigenvalue weighted by Gasteiger charge is 2.11. The van der Waals surface area contributed by atoms with Gasteiger partial charge in [-0.2, -0.15) is 0 Å². The highest BCUT2D eigenvalue weighted by atomic mass is 16.3. The number of hydrogen-bond acceptors (Lipinski definition) is 1. The summed E-state index contributed by atoms with van der Waals surface area (Å²) in [7, 11) is 0. The summed E-state index contributed by atoms with van der Waals surface area (Å²) < 4.78 is 0. The highest BCUT2D eigenvalue weighted by Crippen LogP contribution is 2.24. The van der Waals surface area contributed by atoms with Crippen LogP contribution in [0.3, 0.4) is 0 Å². The second-order valence-corrected chi connectivity index (χ2v) is 5.66. The minimum Gasteiger partial charge on any atom is -0.384 e. The van der Waals surface area contributed by atoms with Crippen molar-refractivity contribution in [1.29, 1.82) is 0 Å². The Kier molecular flexibility index (Phi) is 4.39. The zero-order chi connectivity index (χ0) is 13.8. The van der Waals surface area contributed by atoms with E-state index in [4.69, 9.17) is 0 Å². The summed E-state index contributed by atoms with van der Waals surface area (Å²) in [4.78, 5) is 0. The van der Waals surface area contributed by atoms with Gasteiger partial charge in [-0.25, -0.2) is 0 Å². The van der Waals surface area contributed by atoms with E-state index in [0.29, 0.717) is 5.92 Å². The van der Waals surface area contributed by atoms with Crippen LogP contribution >= 0.6 is 0 Å². The highest BCUT2D eigenvalue weighted by molar-refractivity contribution is 5.34. The fraction of sp³-hybridized carbons (Fsp3) is 0.333. The van der Waals surface area contributed by atoms with Crippen molar-refractivity contribution in [1.82, 2.24) is 0 Å². The average Bonchev–Trinajstić information content (AvgIpc) is 2.37. The van der Waals surface area contributed by atoms with Gasteiger partial charge in [0.2, 0.25) is 0 Å².